The highest BCUT2D eigenvalue weighted by Gasteiger charge is 2.45. The molecule has 3 aliphatic heterocycles. The molecule has 5 heterocycles. The molecule has 6 rings (SSSR count). The fourth-order valence-corrected chi connectivity index (χ4v) is 5.19. The van der Waals surface area contributed by atoms with Crippen molar-refractivity contribution in [2.75, 3.05) is 26.7 Å². The SMILES string of the molecule is CCC1(O)C(=O)OCc2c1cc1n(c2=O)Cc2c-1nc1cc3c(cc1c2C=CCOCNC(=O)CN)OCO3. The Hall–Kier alpha value is -4.26. The summed E-state index contributed by atoms with van der Waals surface area (Å²) < 4.78 is 23.4. The van der Waals surface area contributed by atoms with Gasteiger partial charge in [0.2, 0.25) is 12.7 Å². The molecule has 3 aromatic rings. The molecule has 2 aromatic heterocycles. The molecule has 0 saturated carbocycles. The Balaban J connectivity index is 1.46. The van der Waals surface area contributed by atoms with E-state index in [9.17, 15) is 19.5 Å². The van der Waals surface area contributed by atoms with Gasteiger partial charge in [-0.05, 0) is 24.1 Å². The zero-order chi connectivity index (χ0) is 27.3. The molecule has 1 amide bonds. The third-order valence-electron chi connectivity index (χ3n) is 7.28. The molecule has 0 spiro atoms. The standard InChI is InChI=1S/C27H26N4O8/c1-2-27(35)18-7-20-24-16(10-31(20)25(33)17(18)11-37-26(27)34)14(4-3-5-36-12-29-23(32)9-28)15-6-21-22(39-13-38-21)8-19(15)30-24/h3-4,6-8,35H,2,5,9-13,28H2,1H3,(H,29,32). The quantitative estimate of drug-likeness (QED) is 0.176. The molecule has 3 aliphatic rings. The lowest BCUT2D eigenvalue weighted by Gasteiger charge is -2.31. The van der Waals surface area contributed by atoms with Gasteiger partial charge in [-0.1, -0.05) is 19.1 Å². The number of pyridine rings is 2. The van der Waals surface area contributed by atoms with Crippen molar-refractivity contribution >= 4 is 28.9 Å². The van der Waals surface area contributed by atoms with Crippen LogP contribution in [0.5, 0.6) is 11.5 Å². The average Bonchev–Trinajstić information content (AvgIpc) is 3.55. The monoisotopic (exact) mass is 534 g/mol. The lowest BCUT2D eigenvalue weighted by molar-refractivity contribution is -0.172. The second kappa shape index (κ2) is 9.49. The molecule has 1 atom stereocenters. The van der Waals surface area contributed by atoms with E-state index in [-0.39, 0.29) is 68.8 Å². The van der Waals surface area contributed by atoms with Crippen LogP contribution in [0.3, 0.4) is 0 Å². The summed E-state index contributed by atoms with van der Waals surface area (Å²) in [6.07, 6.45) is 3.73. The molecular weight excluding hydrogens is 508 g/mol. The van der Waals surface area contributed by atoms with E-state index in [1.165, 1.54) is 0 Å². The number of benzene rings is 1. The molecule has 12 heteroatoms. The Bertz CT molecular complexity index is 1630. The summed E-state index contributed by atoms with van der Waals surface area (Å²) in [5.74, 6) is 0.0609. The predicted octanol–water partition coefficient (Wildman–Crippen LogP) is 0.871. The van der Waals surface area contributed by atoms with E-state index in [2.05, 4.69) is 5.32 Å². The number of carbonyl (C=O) groups is 2. The first-order chi connectivity index (χ1) is 18.9. The summed E-state index contributed by atoms with van der Waals surface area (Å²) in [5.41, 5.74) is 6.83. The number of ether oxygens (including phenoxy) is 4. The maximum Gasteiger partial charge on any atom is 0.343 e. The van der Waals surface area contributed by atoms with Gasteiger partial charge in [-0.25, -0.2) is 9.78 Å². The zero-order valence-electron chi connectivity index (χ0n) is 21.1. The summed E-state index contributed by atoms with van der Waals surface area (Å²) in [4.78, 5) is 42.3. The van der Waals surface area contributed by atoms with Crippen LogP contribution < -0.4 is 26.1 Å². The Kier molecular flexibility index (Phi) is 6.09. The van der Waals surface area contributed by atoms with Gasteiger partial charge in [-0.15, -0.1) is 0 Å². The normalized spacial score (nSPS) is 18.7. The number of fused-ring (bicyclic) bond motifs is 6. The molecule has 0 aliphatic carbocycles. The van der Waals surface area contributed by atoms with Crippen LogP contribution in [0.15, 0.2) is 29.1 Å². The molecule has 0 saturated heterocycles. The van der Waals surface area contributed by atoms with Crippen molar-refractivity contribution in [2.45, 2.75) is 32.1 Å². The van der Waals surface area contributed by atoms with Gasteiger partial charge in [-0.3, -0.25) is 9.59 Å². The molecule has 202 valence electrons. The number of esters is 1. The molecule has 4 N–H and O–H groups in total. The maximum absolute atomic E-state index is 13.6. The van der Waals surface area contributed by atoms with E-state index in [0.29, 0.717) is 28.4 Å². The number of hydrogen-bond donors (Lipinski definition) is 3. The van der Waals surface area contributed by atoms with Crippen LogP contribution in [-0.2, 0) is 37.8 Å². The zero-order valence-corrected chi connectivity index (χ0v) is 21.1. The molecule has 12 nitrogen and oxygen atoms in total. The Labute approximate surface area is 221 Å². The highest BCUT2D eigenvalue weighted by Crippen LogP contribution is 2.43. The number of nitrogens with one attached hydrogen (secondary N) is 1. The number of nitrogens with zero attached hydrogens (tertiary/aromatic N) is 2. The van der Waals surface area contributed by atoms with Crippen molar-refractivity contribution in [2.24, 2.45) is 5.73 Å². The Morgan fingerprint density at radius 2 is 2.03 bits per heavy atom. The summed E-state index contributed by atoms with van der Waals surface area (Å²) in [6.45, 7) is 1.90. The molecule has 0 fully saturated rings. The molecule has 39 heavy (non-hydrogen) atoms. The van der Waals surface area contributed by atoms with Gasteiger partial charge in [0, 0.05) is 22.6 Å². The number of rotatable bonds is 7. The van der Waals surface area contributed by atoms with Crippen molar-refractivity contribution in [3.63, 3.8) is 0 Å². The first-order valence-electron chi connectivity index (χ1n) is 12.5. The number of hydrogen-bond acceptors (Lipinski definition) is 10. The van der Waals surface area contributed by atoms with Gasteiger partial charge in [-0.2, -0.15) is 0 Å². The van der Waals surface area contributed by atoms with E-state index < -0.39 is 11.6 Å². The minimum absolute atomic E-state index is 0.0157. The lowest BCUT2D eigenvalue weighted by atomic mass is 9.86. The predicted molar refractivity (Wildman–Crippen MR) is 138 cm³/mol. The van der Waals surface area contributed by atoms with Crippen molar-refractivity contribution < 1.29 is 33.6 Å². The lowest BCUT2D eigenvalue weighted by Crippen LogP contribution is -2.44. The van der Waals surface area contributed by atoms with E-state index in [1.54, 1.807) is 29.7 Å². The van der Waals surface area contributed by atoms with Crippen molar-refractivity contribution in [1.82, 2.24) is 14.9 Å². The van der Waals surface area contributed by atoms with E-state index in [1.807, 2.05) is 12.1 Å². The summed E-state index contributed by atoms with van der Waals surface area (Å²) in [6, 6.07) is 5.31. The van der Waals surface area contributed by atoms with Crippen molar-refractivity contribution in [3.05, 3.63) is 56.9 Å². The topological polar surface area (TPSA) is 164 Å². The minimum atomic E-state index is -1.91. The largest absolute Gasteiger partial charge is 0.458 e. The molecular formula is C27H26N4O8. The van der Waals surface area contributed by atoms with Crippen molar-refractivity contribution in [3.8, 4) is 22.9 Å². The van der Waals surface area contributed by atoms with Crippen LogP contribution in [0.25, 0.3) is 28.4 Å². The first kappa shape index (κ1) is 25.0. The van der Waals surface area contributed by atoms with Gasteiger partial charge in [0.25, 0.3) is 5.56 Å². The number of carbonyl (C=O) groups excluding carboxylic acids is 2. The van der Waals surface area contributed by atoms with Crippen molar-refractivity contribution in [1.29, 1.82) is 0 Å². The third-order valence-corrected chi connectivity index (χ3v) is 7.28. The summed E-state index contributed by atoms with van der Waals surface area (Å²) >= 11 is 0. The van der Waals surface area contributed by atoms with Crippen LogP contribution in [0.1, 0.15) is 35.6 Å². The molecule has 1 aromatic carbocycles. The van der Waals surface area contributed by atoms with E-state index in [0.717, 1.165) is 16.5 Å². The van der Waals surface area contributed by atoms with Crippen LogP contribution >= 0.6 is 0 Å². The molecule has 0 radical (unpaired) electrons. The average molecular weight is 535 g/mol. The van der Waals surface area contributed by atoms with Gasteiger partial charge >= 0.3 is 5.97 Å². The van der Waals surface area contributed by atoms with Crippen LogP contribution in [0.4, 0.5) is 0 Å². The Morgan fingerprint density at radius 3 is 2.79 bits per heavy atom. The van der Waals surface area contributed by atoms with Gasteiger partial charge < -0.3 is 39.7 Å². The third kappa shape index (κ3) is 3.95. The second-order valence-corrected chi connectivity index (χ2v) is 9.40. The summed E-state index contributed by atoms with van der Waals surface area (Å²) in [5, 5.41) is 14.5. The molecule has 0 bridgehead atoms. The second-order valence-electron chi connectivity index (χ2n) is 9.40. The first-order valence-corrected chi connectivity index (χ1v) is 12.5. The number of aliphatic hydroxyl groups is 1. The van der Waals surface area contributed by atoms with Crippen LogP contribution in [0.2, 0.25) is 0 Å². The molecule has 1 unspecified atom stereocenters. The fraction of sp³-hybridized carbons (Fsp3) is 0.333. The highest BCUT2D eigenvalue weighted by atomic mass is 16.7. The highest BCUT2D eigenvalue weighted by molar-refractivity contribution is 5.95. The van der Waals surface area contributed by atoms with Gasteiger partial charge in [0.05, 0.1) is 42.2 Å². The van der Waals surface area contributed by atoms with Gasteiger partial charge in [0.15, 0.2) is 17.1 Å². The van der Waals surface area contributed by atoms with Crippen LogP contribution in [0, 0.1) is 0 Å². The number of nitrogens with two attached hydrogens (primary N) is 1. The number of cyclic esters (lactones) is 1. The van der Waals surface area contributed by atoms with E-state index in [4.69, 9.17) is 29.7 Å². The van der Waals surface area contributed by atoms with Gasteiger partial charge in [0.1, 0.15) is 13.3 Å². The Morgan fingerprint density at radius 1 is 1.23 bits per heavy atom. The smallest absolute Gasteiger partial charge is 0.343 e. The fourth-order valence-electron chi connectivity index (χ4n) is 5.19. The number of aromatic nitrogens is 2. The summed E-state index contributed by atoms with van der Waals surface area (Å²) in [7, 11) is 0. The van der Waals surface area contributed by atoms with E-state index >= 15 is 0 Å². The minimum Gasteiger partial charge on any atom is -0.458 e. The maximum atomic E-state index is 13.6. The number of amides is 1. The van der Waals surface area contributed by atoms with Crippen LogP contribution in [-0.4, -0.2) is 53.2 Å².